The summed E-state index contributed by atoms with van der Waals surface area (Å²) in [7, 11) is 0. The number of carbonyl (C=O) groups is 1. The Morgan fingerprint density at radius 1 is 1.75 bits per heavy atom. The van der Waals surface area contributed by atoms with E-state index in [1.807, 2.05) is 0 Å². The number of carboxylic acids is 1. The van der Waals surface area contributed by atoms with Crippen LogP contribution in [0.2, 0.25) is 0 Å². The molecule has 0 saturated carbocycles. The summed E-state index contributed by atoms with van der Waals surface area (Å²) in [6.45, 7) is 1.78. The van der Waals surface area contributed by atoms with Crippen LogP contribution in [0.4, 0.5) is 0 Å². The van der Waals surface area contributed by atoms with Crippen LogP contribution in [0.1, 0.15) is 5.82 Å². The van der Waals surface area contributed by atoms with Gasteiger partial charge in [-0.2, -0.15) is 0 Å². The standard InChI is InChI=1S/C6H7N3O2S/c1-4-7-6(9-8-4)12-3-2-5(10)11/h2-3H,1H3,(H,10,11)(H,7,8,9)/b3-2+. The van der Waals surface area contributed by atoms with E-state index in [1.54, 1.807) is 6.92 Å². The van der Waals surface area contributed by atoms with E-state index in [9.17, 15) is 4.79 Å². The number of aromatic amines is 1. The molecule has 0 aliphatic carbocycles. The van der Waals surface area contributed by atoms with Crippen molar-refractivity contribution in [1.82, 2.24) is 15.2 Å². The lowest BCUT2D eigenvalue weighted by Crippen LogP contribution is -1.84. The first-order chi connectivity index (χ1) is 5.68. The molecule has 0 bridgehead atoms. The summed E-state index contributed by atoms with van der Waals surface area (Å²) in [6.07, 6.45) is 1.04. The molecular weight excluding hydrogens is 178 g/mol. The third-order valence-corrected chi connectivity index (χ3v) is 1.63. The Morgan fingerprint density at radius 2 is 2.50 bits per heavy atom. The molecule has 6 heteroatoms. The van der Waals surface area contributed by atoms with Crippen LogP contribution in [0, 0.1) is 6.92 Å². The average Bonchev–Trinajstić information content (AvgIpc) is 2.35. The van der Waals surface area contributed by atoms with Gasteiger partial charge in [-0.1, -0.05) is 11.8 Å². The molecule has 0 aliphatic heterocycles. The topological polar surface area (TPSA) is 78.9 Å². The molecule has 0 saturated heterocycles. The summed E-state index contributed by atoms with van der Waals surface area (Å²) in [6, 6.07) is 0. The quantitative estimate of drug-likeness (QED) is 0.538. The molecule has 0 unspecified atom stereocenters. The van der Waals surface area contributed by atoms with Crippen molar-refractivity contribution in [2.24, 2.45) is 0 Å². The molecule has 0 radical (unpaired) electrons. The van der Waals surface area contributed by atoms with Gasteiger partial charge in [0.15, 0.2) is 0 Å². The maximum Gasteiger partial charge on any atom is 0.328 e. The van der Waals surface area contributed by atoms with Crippen LogP contribution in [-0.2, 0) is 4.79 Å². The molecule has 0 atom stereocenters. The smallest absolute Gasteiger partial charge is 0.328 e. The fraction of sp³-hybridized carbons (Fsp3) is 0.167. The van der Waals surface area contributed by atoms with Gasteiger partial charge < -0.3 is 5.11 Å². The first kappa shape index (κ1) is 8.79. The summed E-state index contributed by atoms with van der Waals surface area (Å²) in [5.41, 5.74) is 0. The molecule has 12 heavy (non-hydrogen) atoms. The Kier molecular flexibility index (Phi) is 2.87. The molecule has 0 spiro atoms. The lowest BCUT2D eigenvalue weighted by atomic mass is 10.7. The van der Waals surface area contributed by atoms with E-state index in [2.05, 4.69) is 15.2 Å². The zero-order valence-corrected chi connectivity index (χ0v) is 7.13. The molecule has 0 aromatic carbocycles. The zero-order valence-electron chi connectivity index (χ0n) is 6.31. The van der Waals surface area contributed by atoms with Crippen molar-refractivity contribution in [2.45, 2.75) is 12.1 Å². The molecule has 0 fully saturated rings. The largest absolute Gasteiger partial charge is 0.478 e. The zero-order chi connectivity index (χ0) is 8.97. The SMILES string of the molecule is Cc1nc(S/C=C/C(=O)O)n[nH]1. The molecule has 1 rings (SSSR count). The van der Waals surface area contributed by atoms with Crippen molar-refractivity contribution < 1.29 is 9.90 Å². The van der Waals surface area contributed by atoms with Gasteiger partial charge in [-0.15, -0.1) is 5.10 Å². The van der Waals surface area contributed by atoms with Crippen molar-refractivity contribution in [3.8, 4) is 0 Å². The second-order valence-electron chi connectivity index (χ2n) is 1.96. The maximum absolute atomic E-state index is 10.0. The molecule has 0 aliphatic rings. The van der Waals surface area contributed by atoms with E-state index >= 15 is 0 Å². The van der Waals surface area contributed by atoms with Gasteiger partial charge in [0.1, 0.15) is 5.82 Å². The summed E-state index contributed by atoms with van der Waals surface area (Å²) in [4.78, 5) is 14.0. The summed E-state index contributed by atoms with van der Waals surface area (Å²) in [5, 5.41) is 16.6. The van der Waals surface area contributed by atoms with Gasteiger partial charge in [0.25, 0.3) is 0 Å². The van der Waals surface area contributed by atoms with E-state index in [0.29, 0.717) is 11.0 Å². The second-order valence-corrected chi connectivity index (χ2v) is 2.84. The third kappa shape index (κ3) is 2.75. The van der Waals surface area contributed by atoms with Gasteiger partial charge in [0.05, 0.1) is 0 Å². The fourth-order valence-corrected chi connectivity index (χ4v) is 1.12. The molecular formula is C6H7N3O2S. The van der Waals surface area contributed by atoms with Crippen LogP contribution < -0.4 is 0 Å². The Morgan fingerprint density at radius 3 is 3.00 bits per heavy atom. The van der Waals surface area contributed by atoms with Crippen molar-refractivity contribution in [3.05, 3.63) is 17.3 Å². The lowest BCUT2D eigenvalue weighted by molar-refractivity contribution is -0.131. The number of aromatic nitrogens is 3. The second kappa shape index (κ2) is 3.91. The number of carboxylic acid groups (broad SMARTS) is 1. The van der Waals surface area contributed by atoms with E-state index in [1.165, 1.54) is 5.41 Å². The molecule has 1 aromatic heterocycles. The third-order valence-electron chi connectivity index (χ3n) is 0.961. The Hall–Kier alpha value is -1.30. The van der Waals surface area contributed by atoms with Gasteiger partial charge in [-0.3, -0.25) is 5.10 Å². The van der Waals surface area contributed by atoms with Crippen LogP contribution in [-0.4, -0.2) is 26.3 Å². The first-order valence-corrected chi connectivity index (χ1v) is 4.01. The molecule has 1 heterocycles. The number of aryl methyl sites for hydroxylation is 1. The summed E-state index contributed by atoms with van der Waals surface area (Å²) < 4.78 is 0. The number of H-pyrrole nitrogens is 1. The van der Waals surface area contributed by atoms with Gasteiger partial charge in [-0.05, 0) is 12.3 Å². The average molecular weight is 185 g/mol. The van der Waals surface area contributed by atoms with Crippen LogP contribution in [0.25, 0.3) is 0 Å². The highest BCUT2D eigenvalue weighted by Crippen LogP contribution is 2.12. The van der Waals surface area contributed by atoms with Crippen LogP contribution in [0.3, 0.4) is 0 Å². The van der Waals surface area contributed by atoms with Gasteiger partial charge >= 0.3 is 5.97 Å². The predicted molar refractivity (Wildman–Crippen MR) is 43.8 cm³/mol. The van der Waals surface area contributed by atoms with E-state index in [4.69, 9.17) is 5.11 Å². The molecule has 64 valence electrons. The molecule has 5 nitrogen and oxygen atoms in total. The number of hydrogen-bond acceptors (Lipinski definition) is 4. The minimum Gasteiger partial charge on any atom is -0.478 e. The first-order valence-electron chi connectivity index (χ1n) is 3.13. The predicted octanol–water partition coefficient (Wildman–Crippen LogP) is 0.804. The normalized spacial score (nSPS) is 10.8. The van der Waals surface area contributed by atoms with Gasteiger partial charge in [-0.25, -0.2) is 9.78 Å². The fourth-order valence-electron chi connectivity index (χ4n) is 0.528. The number of nitrogens with zero attached hydrogens (tertiary/aromatic N) is 2. The monoisotopic (exact) mass is 185 g/mol. The van der Waals surface area contributed by atoms with Crippen LogP contribution in [0.5, 0.6) is 0 Å². The van der Waals surface area contributed by atoms with Gasteiger partial charge in [0, 0.05) is 6.08 Å². The van der Waals surface area contributed by atoms with Crippen molar-refractivity contribution in [1.29, 1.82) is 0 Å². The number of hydrogen-bond donors (Lipinski definition) is 2. The van der Waals surface area contributed by atoms with Crippen molar-refractivity contribution in [3.63, 3.8) is 0 Å². The molecule has 1 aromatic rings. The minimum absolute atomic E-state index is 0.519. The van der Waals surface area contributed by atoms with Gasteiger partial charge in [0.2, 0.25) is 5.16 Å². The van der Waals surface area contributed by atoms with E-state index < -0.39 is 5.97 Å². The van der Waals surface area contributed by atoms with E-state index in [-0.39, 0.29) is 0 Å². The van der Waals surface area contributed by atoms with E-state index in [0.717, 1.165) is 17.8 Å². The highest BCUT2D eigenvalue weighted by molar-refractivity contribution is 8.02. The van der Waals surface area contributed by atoms with Crippen LogP contribution >= 0.6 is 11.8 Å². The van der Waals surface area contributed by atoms with Crippen molar-refractivity contribution in [2.75, 3.05) is 0 Å². The number of thioether (sulfide) groups is 1. The number of rotatable bonds is 3. The number of nitrogens with one attached hydrogen (secondary N) is 1. The highest BCUT2D eigenvalue weighted by atomic mass is 32.2. The lowest BCUT2D eigenvalue weighted by Gasteiger charge is -1.82. The molecule has 0 amide bonds. The molecule has 2 N–H and O–H groups in total. The maximum atomic E-state index is 10.0. The van der Waals surface area contributed by atoms with Crippen molar-refractivity contribution >= 4 is 17.7 Å². The Bertz CT molecular complexity index is 307. The summed E-state index contributed by atoms with van der Waals surface area (Å²) in [5.74, 6) is -0.268. The Balaban J connectivity index is 2.48. The number of aliphatic carboxylic acids is 1. The summed E-state index contributed by atoms with van der Waals surface area (Å²) >= 11 is 1.15. The Labute approximate surface area is 72.9 Å². The van der Waals surface area contributed by atoms with Crippen LogP contribution in [0.15, 0.2) is 16.6 Å². The minimum atomic E-state index is -0.977. The highest BCUT2D eigenvalue weighted by Gasteiger charge is 1.96.